The second-order valence-electron chi connectivity index (χ2n) is 3.37. The Labute approximate surface area is 81.4 Å². The van der Waals surface area contributed by atoms with Gasteiger partial charge in [-0.3, -0.25) is 4.79 Å². The molecule has 1 fully saturated rings. The van der Waals surface area contributed by atoms with Crippen LogP contribution in [0.1, 0.15) is 13.8 Å². The van der Waals surface area contributed by atoms with Crippen LogP contribution in [0.2, 0.25) is 0 Å². The van der Waals surface area contributed by atoms with E-state index >= 15 is 0 Å². The second kappa shape index (κ2) is 3.57. The highest BCUT2D eigenvalue weighted by molar-refractivity contribution is 8.01. The predicted octanol–water partition coefficient (Wildman–Crippen LogP) is 0.170. The van der Waals surface area contributed by atoms with Gasteiger partial charge in [-0.2, -0.15) is 0 Å². The van der Waals surface area contributed by atoms with Crippen LogP contribution in [0, 0.1) is 0 Å². The normalized spacial score (nSPS) is 26.4. The van der Waals surface area contributed by atoms with E-state index in [2.05, 4.69) is 10.1 Å². The average molecular weight is 203 g/mol. The molecule has 4 nitrogen and oxygen atoms in total. The zero-order valence-corrected chi connectivity index (χ0v) is 8.73. The Morgan fingerprint density at radius 2 is 2.31 bits per heavy atom. The number of nitrogens with one attached hydrogen (secondary N) is 1. The van der Waals surface area contributed by atoms with E-state index in [1.165, 1.54) is 18.9 Å². The molecule has 0 spiro atoms. The van der Waals surface area contributed by atoms with Gasteiger partial charge in [-0.15, -0.1) is 11.8 Å². The second-order valence-corrected chi connectivity index (χ2v) is 5.01. The fourth-order valence-electron chi connectivity index (χ4n) is 1.00. The molecule has 0 aromatic rings. The minimum atomic E-state index is -0.490. The first-order valence-electron chi connectivity index (χ1n) is 4.00. The lowest BCUT2D eigenvalue weighted by Crippen LogP contribution is -2.54. The van der Waals surface area contributed by atoms with Gasteiger partial charge in [0.25, 0.3) is 0 Å². The number of carbonyl (C=O) groups is 2. The summed E-state index contributed by atoms with van der Waals surface area (Å²) >= 11 is 1.47. The highest BCUT2D eigenvalue weighted by Gasteiger charge is 2.38. The van der Waals surface area contributed by atoms with Gasteiger partial charge in [0, 0.05) is 5.75 Å². The first kappa shape index (κ1) is 10.4. The summed E-state index contributed by atoms with van der Waals surface area (Å²) in [7, 11) is 1.32. The molecule has 0 unspecified atom stereocenters. The number of carbonyl (C=O) groups excluding carboxylic acids is 2. The fraction of sp³-hybridized carbons (Fsp3) is 0.750. The van der Waals surface area contributed by atoms with Crippen LogP contribution < -0.4 is 5.32 Å². The van der Waals surface area contributed by atoms with Crippen molar-refractivity contribution in [3.8, 4) is 0 Å². The summed E-state index contributed by atoms with van der Waals surface area (Å²) in [6.45, 7) is 3.67. The van der Waals surface area contributed by atoms with Crippen LogP contribution in [-0.4, -0.2) is 35.5 Å². The molecule has 0 aliphatic carbocycles. The third-order valence-corrected chi connectivity index (χ3v) is 3.36. The molecule has 0 saturated carbocycles. The zero-order chi connectivity index (χ0) is 10.1. The van der Waals surface area contributed by atoms with E-state index in [4.69, 9.17) is 0 Å². The van der Waals surface area contributed by atoms with Crippen molar-refractivity contribution in [2.75, 3.05) is 12.9 Å². The molecule has 13 heavy (non-hydrogen) atoms. The predicted molar refractivity (Wildman–Crippen MR) is 50.5 cm³/mol. The Morgan fingerprint density at radius 1 is 1.69 bits per heavy atom. The van der Waals surface area contributed by atoms with Crippen LogP contribution in [-0.2, 0) is 14.3 Å². The summed E-state index contributed by atoms with van der Waals surface area (Å²) in [5.41, 5.74) is 0. The van der Waals surface area contributed by atoms with Gasteiger partial charge < -0.3 is 10.1 Å². The van der Waals surface area contributed by atoms with E-state index in [-0.39, 0.29) is 11.9 Å². The van der Waals surface area contributed by atoms with Crippen molar-refractivity contribution in [2.45, 2.75) is 24.6 Å². The van der Waals surface area contributed by atoms with Gasteiger partial charge in [0.2, 0.25) is 5.91 Å². The lowest BCUT2D eigenvalue weighted by molar-refractivity contribution is -0.144. The minimum Gasteiger partial charge on any atom is -0.467 e. The van der Waals surface area contributed by atoms with Crippen molar-refractivity contribution in [1.82, 2.24) is 5.32 Å². The number of hydrogen-bond donors (Lipinski definition) is 1. The Kier molecular flexibility index (Phi) is 2.85. The summed E-state index contributed by atoms with van der Waals surface area (Å²) in [4.78, 5) is 22.5. The van der Waals surface area contributed by atoms with E-state index < -0.39 is 10.8 Å². The third kappa shape index (κ3) is 2.15. The van der Waals surface area contributed by atoms with Crippen LogP contribution in [0.5, 0.6) is 0 Å². The summed E-state index contributed by atoms with van der Waals surface area (Å²) < 4.78 is 4.10. The topological polar surface area (TPSA) is 55.4 Å². The fourth-order valence-corrected chi connectivity index (χ4v) is 1.99. The molecule has 1 aliphatic rings. The van der Waals surface area contributed by atoms with Gasteiger partial charge in [-0.25, -0.2) is 4.79 Å². The Morgan fingerprint density at radius 3 is 2.77 bits per heavy atom. The number of hydrogen-bond acceptors (Lipinski definition) is 4. The van der Waals surface area contributed by atoms with E-state index in [9.17, 15) is 9.59 Å². The smallest absolute Gasteiger partial charge is 0.329 e. The zero-order valence-electron chi connectivity index (χ0n) is 7.92. The molecule has 1 heterocycles. The number of esters is 1. The molecule has 0 bridgehead atoms. The van der Waals surface area contributed by atoms with Crippen LogP contribution in [0.15, 0.2) is 0 Å². The lowest BCUT2D eigenvalue weighted by atomic mass is 10.1. The molecule has 1 aliphatic heterocycles. The van der Waals surface area contributed by atoms with Crippen molar-refractivity contribution in [1.29, 1.82) is 0 Å². The summed E-state index contributed by atoms with van der Waals surface area (Å²) in [6, 6.07) is -0.490. The molecule has 1 atom stereocenters. The molecule has 1 N–H and O–H groups in total. The molecule has 74 valence electrons. The van der Waals surface area contributed by atoms with Gasteiger partial charge in [-0.05, 0) is 13.8 Å². The summed E-state index contributed by atoms with van der Waals surface area (Å²) in [5.74, 6) is 0.0845. The highest BCUT2D eigenvalue weighted by Crippen LogP contribution is 2.29. The highest BCUT2D eigenvalue weighted by atomic mass is 32.2. The number of methoxy groups -OCH3 is 1. The monoisotopic (exact) mass is 203 g/mol. The van der Waals surface area contributed by atoms with E-state index in [0.717, 1.165) is 0 Å². The summed E-state index contributed by atoms with van der Waals surface area (Å²) in [6.07, 6.45) is 0. The van der Waals surface area contributed by atoms with Crippen LogP contribution in [0.25, 0.3) is 0 Å². The number of ether oxygens (including phenoxy) is 1. The van der Waals surface area contributed by atoms with Gasteiger partial charge in [0.15, 0.2) is 0 Å². The molecule has 1 amide bonds. The standard InChI is InChI=1S/C8H13NO3S/c1-8(2)7(11)9-5(4-13-8)6(10)12-3/h5H,4H2,1-3H3,(H,9,11)/t5-/m1/s1. The third-order valence-electron chi connectivity index (χ3n) is 1.95. The quantitative estimate of drug-likeness (QED) is 0.617. The SMILES string of the molecule is COC(=O)[C@H]1CSC(C)(C)C(=O)N1. The number of amides is 1. The van der Waals surface area contributed by atoms with Crippen LogP contribution in [0.3, 0.4) is 0 Å². The first-order valence-corrected chi connectivity index (χ1v) is 4.98. The molecule has 1 rings (SSSR count). The van der Waals surface area contributed by atoms with Crippen molar-refractivity contribution in [3.05, 3.63) is 0 Å². The van der Waals surface area contributed by atoms with E-state index in [1.807, 2.05) is 13.8 Å². The van der Waals surface area contributed by atoms with Crippen LogP contribution in [0.4, 0.5) is 0 Å². The van der Waals surface area contributed by atoms with Crippen molar-refractivity contribution in [3.63, 3.8) is 0 Å². The molecule has 0 aromatic heterocycles. The lowest BCUT2D eigenvalue weighted by Gasteiger charge is -2.32. The van der Waals surface area contributed by atoms with Crippen LogP contribution >= 0.6 is 11.8 Å². The van der Waals surface area contributed by atoms with Crippen molar-refractivity contribution < 1.29 is 14.3 Å². The molecular weight excluding hydrogens is 190 g/mol. The maximum absolute atomic E-state index is 11.4. The van der Waals surface area contributed by atoms with Crippen molar-refractivity contribution >= 4 is 23.6 Å². The Hall–Kier alpha value is -0.710. The first-order chi connectivity index (χ1) is 5.97. The van der Waals surface area contributed by atoms with Gasteiger partial charge in [0.05, 0.1) is 11.9 Å². The molecule has 0 aromatic carbocycles. The minimum absolute atomic E-state index is 0.112. The molecular formula is C8H13NO3S. The summed E-state index contributed by atoms with van der Waals surface area (Å²) in [5, 5.41) is 2.62. The number of rotatable bonds is 1. The van der Waals surface area contributed by atoms with E-state index in [1.54, 1.807) is 0 Å². The molecule has 0 radical (unpaired) electrons. The Bertz CT molecular complexity index is 240. The van der Waals surface area contributed by atoms with Gasteiger partial charge >= 0.3 is 5.97 Å². The number of thioether (sulfide) groups is 1. The maximum Gasteiger partial charge on any atom is 0.329 e. The molecule has 1 saturated heterocycles. The van der Waals surface area contributed by atoms with E-state index in [0.29, 0.717) is 5.75 Å². The Balaban J connectivity index is 2.61. The van der Waals surface area contributed by atoms with Gasteiger partial charge in [-0.1, -0.05) is 0 Å². The average Bonchev–Trinajstić information content (AvgIpc) is 2.08. The largest absolute Gasteiger partial charge is 0.467 e. The molecule has 5 heteroatoms. The maximum atomic E-state index is 11.4. The van der Waals surface area contributed by atoms with Crippen molar-refractivity contribution in [2.24, 2.45) is 0 Å². The van der Waals surface area contributed by atoms with Gasteiger partial charge in [0.1, 0.15) is 6.04 Å².